The zero-order valence-electron chi connectivity index (χ0n) is 12.7. The molecule has 1 saturated carbocycles. The van der Waals surface area contributed by atoms with Crippen LogP contribution in [0.25, 0.3) is 0 Å². The van der Waals surface area contributed by atoms with Gasteiger partial charge in [0.2, 0.25) is 0 Å². The summed E-state index contributed by atoms with van der Waals surface area (Å²) in [6.07, 6.45) is -0.220. The van der Waals surface area contributed by atoms with Gasteiger partial charge in [0.25, 0.3) is 0 Å². The van der Waals surface area contributed by atoms with E-state index in [1.807, 2.05) is 4.57 Å². The molecule has 1 fully saturated rings. The van der Waals surface area contributed by atoms with Gasteiger partial charge in [0.05, 0.1) is 11.3 Å². The number of halogens is 3. The third kappa shape index (κ3) is 3.84. The van der Waals surface area contributed by atoms with E-state index in [0.29, 0.717) is 12.5 Å². The minimum atomic E-state index is -4.52. The number of anilines is 1. The highest BCUT2D eigenvalue weighted by molar-refractivity contribution is 5.90. The van der Waals surface area contributed by atoms with Gasteiger partial charge in [-0.15, -0.1) is 10.2 Å². The Balaban J connectivity index is 1.54. The second-order valence-electron chi connectivity index (χ2n) is 5.56. The lowest BCUT2D eigenvalue weighted by atomic mass is 10.1. The number of nitrogens with zero attached hydrogens (tertiary/aromatic N) is 3. The second kappa shape index (κ2) is 6.50. The average molecular weight is 339 g/mol. The number of urea groups is 1. The van der Waals surface area contributed by atoms with Crippen LogP contribution in [0.2, 0.25) is 0 Å². The molecule has 0 spiro atoms. The molecule has 128 valence electrons. The van der Waals surface area contributed by atoms with Crippen molar-refractivity contribution in [3.63, 3.8) is 0 Å². The predicted molar refractivity (Wildman–Crippen MR) is 80.5 cm³/mol. The number of hydrogen-bond acceptors (Lipinski definition) is 3. The van der Waals surface area contributed by atoms with Gasteiger partial charge in [-0.3, -0.25) is 0 Å². The van der Waals surface area contributed by atoms with Crippen molar-refractivity contribution in [3.05, 3.63) is 42.0 Å². The predicted octanol–water partition coefficient (Wildman–Crippen LogP) is 3.00. The van der Waals surface area contributed by atoms with Crippen LogP contribution in [0.3, 0.4) is 0 Å². The SMILES string of the molecule is O=C(NCCc1nncn1C1CC1)Nc1ccccc1C(F)(F)F. The summed E-state index contributed by atoms with van der Waals surface area (Å²) in [5.41, 5.74) is -1.16. The van der Waals surface area contributed by atoms with Crippen LogP contribution in [0, 0.1) is 0 Å². The zero-order valence-corrected chi connectivity index (χ0v) is 12.7. The monoisotopic (exact) mass is 339 g/mol. The second-order valence-corrected chi connectivity index (χ2v) is 5.56. The van der Waals surface area contributed by atoms with Crippen molar-refractivity contribution in [2.24, 2.45) is 0 Å². The van der Waals surface area contributed by atoms with E-state index in [-0.39, 0.29) is 12.2 Å². The van der Waals surface area contributed by atoms with Crippen LogP contribution in [-0.4, -0.2) is 27.3 Å². The maximum Gasteiger partial charge on any atom is 0.418 e. The molecule has 0 unspecified atom stereocenters. The highest BCUT2D eigenvalue weighted by atomic mass is 19.4. The smallest absolute Gasteiger partial charge is 0.337 e. The largest absolute Gasteiger partial charge is 0.418 e. The quantitative estimate of drug-likeness (QED) is 0.880. The Morgan fingerprint density at radius 1 is 1.29 bits per heavy atom. The number of nitrogens with one attached hydrogen (secondary N) is 2. The number of hydrogen-bond donors (Lipinski definition) is 2. The fourth-order valence-electron chi connectivity index (χ4n) is 2.40. The van der Waals surface area contributed by atoms with Crippen molar-refractivity contribution in [2.75, 3.05) is 11.9 Å². The van der Waals surface area contributed by atoms with Crippen molar-refractivity contribution < 1.29 is 18.0 Å². The summed E-state index contributed by atoms with van der Waals surface area (Å²) in [4.78, 5) is 11.8. The minimum Gasteiger partial charge on any atom is -0.337 e. The van der Waals surface area contributed by atoms with Crippen molar-refractivity contribution in [1.29, 1.82) is 0 Å². The molecule has 3 rings (SSSR count). The molecule has 2 amide bonds. The molecule has 1 aromatic carbocycles. The number of rotatable bonds is 5. The Morgan fingerprint density at radius 3 is 2.75 bits per heavy atom. The number of carbonyl (C=O) groups excluding carboxylic acids is 1. The highest BCUT2D eigenvalue weighted by Gasteiger charge is 2.33. The van der Waals surface area contributed by atoms with E-state index < -0.39 is 17.8 Å². The summed E-state index contributed by atoms with van der Waals surface area (Å²) in [7, 11) is 0. The first-order valence-corrected chi connectivity index (χ1v) is 7.54. The molecule has 9 heteroatoms. The maximum atomic E-state index is 12.9. The molecule has 0 atom stereocenters. The molecule has 0 saturated heterocycles. The lowest BCUT2D eigenvalue weighted by molar-refractivity contribution is -0.136. The Labute approximate surface area is 136 Å². The number of benzene rings is 1. The molecule has 1 aromatic heterocycles. The summed E-state index contributed by atoms with van der Waals surface area (Å²) in [5, 5.41) is 12.6. The van der Waals surface area contributed by atoms with E-state index in [0.717, 1.165) is 24.7 Å². The first kappa shape index (κ1) is 16.3. The summed E-state index contributed by atoms with van der Waals surface area (Å²) in [5.74, 6) is 0.758. The number of para-hydroxylation sites is 1. The lowest BCUT2D eigenvalue weighted by Crippen LogP contribution is -2.31. The number of amides is 2. The van der Waals surface area contributed by atoms with Crippen LogP contribution >= 0.6 is 0 Å². The van der Waals surface area contributed by atoms with E-state index in [2.05, 4.69) is 20.8 Å². The summed E-state index contributed by atoms with van der Waals surface area (Å²) < 4.78 is 40.6. The van der Waals surface area contributed by atoms with Crippen LogP contribution < -0.4 is 10.6 Å². The van der Waals surface area contributed by atoms with E-state index in [4.69, 9.17) is 0 Å². The van der Waals surface area contributed by atoms with Gasteiger partial charge < -0.3 is 15.2 Å². The third-order valence-corrected chi connectivity index (χ3v) is 3.70. The molecule has 1 heterocycles. The highest BCUT2D eigenvalue weighted by Crippen LogP contribution is 2.35. The van der Waals surface area contributed by atoms with Gasteiger partial charge in [0, 0.05) is 19.0 Å². The first-order chi connectivity index (χ1) is 11.4. The summed E-state index contributed by atoms with van der Waals surface area (Å²) >= 11 is 0. The average Bonchev–Trinajstić information content (AvgIpc) is 3.26. The zero-order chi connectivity index (χ0) is 17.2. The van der Waals surface area contributed by atoms with Crippen molar-refractivity contribution >= 4 is 11.7 Å². The van der Waals surface area contributed by atoms with Gasteiger partial charge in [-0.05, 0) is 25.0 Å². The number of carbonyl (C=O) groups is 1. The molecule has 2 aromatic rings. The van der Waals surface area contributed by atoms with Gasteiger partial charge in [0.1, 0.15) is 12.2 Å². The Kier molecular flexibility index (Phi) is 4.41. The maximum absolute atomic E-state index is 12.9. The van der Waals surface area contributed by atoms with Crippen LogP contribution in [0.4, 0.5) is 23.7 Å². The first-order valence-electron chi connectivity index (χ1n) is 7.54. The third-order valence-electron chi connectivity index (χ3n) is 3.70. The molecule has 6 nitrogen and oxygen atoms in total. The van der Waals surface area contributed by atoms with Crippen molar-refractivity contribution in [3.8, 4) is 0 Å². The number of alkyl halides is 3. The van der Waals surface area contributed by atoms with E-state index >= 15 is 0 Å². The van der Waals surface area contributed by atoms with Crippen LogP contribution in [0.1, 0.15) is 30.3 Å². The van der Waals surface area contributed by atoms with Gasteiger partial charge in [0.15, 0.2) is 0 Å². The Bertz CT molecular complexity index is 724. The fourth-order valence-corrected chi connectivity index (χ4v) is 2.40. The normalized spacial score (nSPS) is 14.5. The van der Waals surface area contributed by atoms with E-state index in [9.17, 15) is 18.0 Å². The molecule has 1 aliphatic rings. The Morgan fingerprint density at radius 2 is 2.04 bits per heavy atom. The fraction of sp³-hybridized carbons (Fsp3) is 0.400. The molecule has 24 heavy (non-hydrogen) atoms. The molecule has 0 bridgehead atoms. The standard InChI is InChI=1S/C15H16F3N5O/c16-15(17,18)11-3-1-2-4-12(11)21-14(24)19-8-7-13-22-20-9-23(13)10-5-6-10/h1-4,9-10H,5-8H2,(H2,19,21,24). The van der Waals surface area contributed by atoms with Gasteiger partial charge in [-0.1, -0.05) is 12.1 Å². The molecular weight excluding hydrogens is 323 g/mol. The molecule has 2 N–H and O–H groups in total. The number of aromatic nitrogens is 3. The van der Waals surface area contributed by atoms with Gasteiger partial charge in [-0.25, -0.2) is 4.79 Å². The van der Waals surface area contributed by atoms with Crippen LogP contribution in [-0.2, 0) is 12.6 Å². The molecule has 1 aliphatic carbocycles. The van der Waals surface area contributed by atoms with E-state index in [1.54, 1.807) is 6.33 Å². The van der Waals surface area contributed by atoms with Crippen LogP contribution in [0.5, 0.6) is 0 Å². The van der Waals surface area contributed by atoms with E-state index in [1.165, 1.54) is 18.2 Å². The molecule has 0 radical (unpaired) electrons. The molecule has 0 aliphatic heterocycles. The van der Waals surface area contributed by atoms with Crippen LogP contribution in [0.15, 0.2) is 30.6 Å². The minimum absolute atomic E-state index is 0.255. The molecular formula is C15H16F3N5O. The van der Waals surface area contributed by atoms with Gasteiger partial charge in [-0.2, -0.15) is 13.2 Å². The van der Waals surface area contributed by atoms with Crippen molar-refractivity contribution in [1.82, 2.24) is 20.1 Å². The topological polar surface area (TPSA) is 71.8 Å². The lowest BCUT2D eigenvalue weighted by Gasteiger charge is -2.14. The van der Waals surface area contributed by atoms with Crippen molar-refractivity contribution in [2.45, 2.75) is 31.5 Å². The van der Waals surface area contributed by atoms with Gasteiger partial charge >= 0.3 is 12.2 Å². The summed E-state index contributed by atoms with van der Waals surface area (Å²) in [6.45, 7) is 0.255. The summed E-state index contributed by atoms with van der Waals surface area (Å²) in [6, 6.07) is 4.59. The Hall–Kier alpha value is -2.58.